The van der Waals surface area contributed by atoms with E-state index >= 15 is 0 Å². The summed E-state index contributed by atoms with van der Waals surface area (Å²) in [5.74, 6) is -0.103. The molecule has 0 aromatic rings. The highest BCUT2D eigenvalue weighted by Gasteiger charge is 2.32. The molecule has 0 aromatic heterocycles. The van der Waals surface area contributed by atoms with E-state index in [1.54, 1.807) is 4.90 Å². The molecule has 0 saturated carbocycles. The molecule has 1 unspecified atom stereocenters. The van der Waals surface area contributed by atoms with Gasteiger partial charge < -0.3 is 20.9 Å². The van der Waals surface area contributed by atoms with Gasteiger partial charge in [-0.1, -0.05) is 0 Å². The largest absolute Gasteiger partial charge is 0.355 e. The van der Waals surface area contributed by atoms with E-state index in [2.05, 4.69) is 16.0 Å². The summed E-state index contributed by atoms with van der Waals surface area (Å²) in [6, 6.07) is -0.610. The molecule has 1 rings (SSSR count). The number of nitrogens with zero attached hydrogens (tertiary/aromatic N) is 1. The average molecular weight is 256 g/mol. The Morgan fingerprint density at radius 3 is 2.61 bits per heavy atom. The van der Waals surface area contributed by atoms with Gasteiger partial charge in [-0.2, -0.15) is 0 Å². The lowest BCUT2D eigenvalue weighted by atomic mass is 10.1. The standard InChI is InChI=1S/C12H24N4O2/c1-5-14-10(17)9-8-13-6-7-16(9)11(18)15-12(2,3)4/h9,13H,5-8H2,1-4H3,(H,14,17)(H,15,18). The van der Waals surface area contributed by atoms with Crippen LogP contribution in [-0.2, 0) is 4.79 Å². The monoisotopic (exact) mass is 256 g/mol. The summed E-state index contributed by atoms with van der Waals surface area (Å²) >= 11 is 0. The summed E-state index contributed by atoms with van der Waals surface area (Å²) in [7, 11) is 0. The zero-order valence-corrected chi connectivity index (χ0v) is 11.7. The molecular weight excluding hydrogens is 232 g/mol. The van der Waals surface area contributed by atoms with Crippen LogP contribution in [0.25, 0.3) is 0 Å². The lowest BCUT2D eigenvalue weighted by Gasteiger charge is -2.37. The molecule has 0 aliphatic carbocycles. The van der Waals surface area contributed by atoms with E-state index in [1.807, 2.05) is 27.7 Å². The van der Waals surface area contributed by atoms with Crippen molar-refractivity contribution in [2.75, 3.05) is 26.2 Å². The summed E-state index contributed by atoms with van der Waals surface area (Å²) in [6.45, 7) is 9.98. The lowest BCUT2D eigenvalue weighted by Crippen LogP contribution is -2.63. The van der Waals surface area contributed by atoms with Crippen molar-refractivity contribution >= 4 is 11.9 Å². The Kier molecular flexibility index (Phi) is 4.95. The van der Waals surface area contributed by atoms with Gasteiger partial charge in [0.2, 0.25) is 5.91 Å². The Labute approximate surface area is 108 Å². The Bertz CT molecular complexity index is 312. The van der Waals surface area contributed by atoms with Crippen molar-refractivity contribution < 1.29 is 9.59 Å². The van der Waals surface area contributed by atoms with Crippen molar-refractivity contribution in [2.45, 2.75) is 39.3 Å². The van der Waals surface area contributed by atoms with Crippen molar-refractivity contribution in [1.82, 2.24) is 20.9 Å². The van der Waals surface area contributed by atoms with E-state index in [-0.39, 0.29) is 17.5 Å². The fraction of sp³-hybridized carbons (Fsp3) is 0.833. The predicted octanol–water partition coefficient (Wildman–Crippen LogP) is -0.0956. The third-order valence-electron chi connectivity index (χ3n) is 2.64. The van der Waals surface area contributed by atoms with E-state index in [9.17, 15) is 9.59 Å². The van der Waals surface area contributed by atoms with Crippen LogP contribution in [0.4, 0.5) is 4.79 Å². The molecule has 104 valence electrons. The van der Waals surface area contributed by atoms with Gasteiger partial charge in [0.1, 0.15) is 6.04 Å². The maximum atomic E-state index is 12.1. The van der Waals surface area contributed by atoms with Crippen LogP contribution in [0.15, 0.2) is 0 Å². The van der Waals surface area contributed by atoms with Crippen LogP contribution >= 0.6 is 0 Å². The minimum absolute atomic E-state index is 0.103. The summed E-state index contributed by atoms with van der Waals surface area (Å²) < 4.78 is 0. The topological polar surface area (TPSA) is 73.5 Å². The molecule has 3 N–H and O–H groups in total. The lowest BCUT2D eigenvalue weighted by molar-refractivity contribution is -0.125. The van der Waals surface area contributed by atoms with Crippen molar-refractivity contribution in [1.29, 1.82) is 0 Å². The molecule has 3 amide bonds. The maximum Gasteiger partial charge on any atom is 0.318 e. The third kappa shape index (κ3) is 4.18. The van der Waals surface area contributed by atoms with Gasteiger partial charge in [0.25, 0.3) is 0 Å². The van der Waals surface area contributed by atoms with E-state index in [4.69, 9.17) is 0 Å². The van der Waals surface area contributed by atoms with Crippen LogP contribution in [0, 0.1) is 0 Å². The van der Waals surface area contributed by atoms with E-state index in [0.29, 0.717) is 26.2 Å². The van der Waals surface area contributed by atoms with Gasteiger partial charge in [0, 0.05) is 31.7 Å². The highest BCUT2D eigenvalue weighted by molar-refractivity contribution is 5.87. The summed E-state index contributed by atoms with van der Waals surface area (Å²) in [6.07, 6.45) is 0. The molecule has 1 atom stereocenters. The number of carbonyl (C=O) groups excluding carboxylic acids is 2. The first-order chi connectivity index (χ1) is 8.35. The van der Waals surface area contributed by atoms with Crippen LogP contribution in [-0.4, -0.2) is 54.6 Å². The van der Waals surface area contributed by atoms with Crippen LogP contribution in [0.1, 0.15) is 27.7 Å². The van der Waals surface area contributed by atoms with E-state index in [1.165, 1.54) is 0 Å². The molecule has 1 aliphatic heterocycles. The van der Waals surface area contributed by atoms with Gasteiger partial charge in [-0.25, -0.2) is 4.79 Å². The minimum Gasteiger partial charge on any atom is -0.355 e. The number of amides is 3. The predicted molar refractivity (Wildman–Crippen MR) is 70.3 cm³/mol. The second-order valence-electron chi connectivity index (χ2n) is 5.49. The van der Waals surface area contributed by atoms with Gasteiger partial charge >= 0.3 is 6.03 Å². The van der Waals surface area contributed by atoms with Gasteiger partial charge in [-0.05, 0) is 27.7 Å². The number of hydrogen-bond acceptors (Lipinski definition) is 3. The molecule has 1 fully saturated rings. The van der Waals surface area contributed by atoms with Crippen LogP contribution in [0.5, 0.6) is 0 Å². The molecule has 0 spiro atoms. The molecule has 1 aliphatic rings. The van der Waals surface area contributed by atoms with Crippen LogP contribution in [0.3, 0.4) is 0 Å². The smallest absolute Gasteiger partial charge is 0.318 e. The van der Waals surface area contributed by atoms with Gasteiger partial charge in [0.15, 0.2) is 0 Å². The SMILES string of the molecule is CCNC(=O)C1CNCCN1C(=O)NC(C)(C)C. The Balaban J connectivity index is 2.70. The number of urea groups is 1. The first-order valence-corrected chi connectivity index (χ1v) is 6.42. The maximum absolute atomic E-state index is 12.1. The fourth-order valence-electron chi connectivity index (χ4n) is 1.87. The van der Waals surface area contributed by atoms with Crippen molar-refractivity contribution in [3.05, 3.63) is 0 Å². The van der Waals surface area contributed by atoms with Crippen molar-refractivity contribution in [3.8, 4) is 0 Å². The molecule has 0 radical (unpaired) electrons. The zero-order valence-electron chi connectivity index (χ0n) is 11.7. The number of piperazine rings is 1. The summed E-state index contributed by atoms with van der Waals surface area (Å²) in [5, 5.41) is 8.80. The summed E-state index contributed by atoms with van der Waals surface area (Å²) in [5.41, 5.74) is -0.298. The first kappa shape index (κ1) is 14.8. The molecule has 6 nitrogen and oxygen atoms in total. The molecule has 18 heavy (non-hydrogen) atoms. The highest BCUT2D eigenvalue weighted by Crippen LogP contribution is 2.07. The number of rotatable bonds is 2. The molecule has 1 heterocycles. The van der Waals surface area contributed by atoms with Crippen molar-refractivity contribution in [2.24, 2.45) is 0 Å². The second-order valence-corrected chi connectivity index (χ2v) is 5.49. The minimum atomic E-state index is -0.430. The number of nitrogens with one attached hydrogen (secondary N) is 3. The molecule has 0 bridgehead atoms. The molecule has 0 aromatic carbocycles. The van der Waals surface area contributed by atoms with E-state index in [0.717, 1.165) is 0 Å². The normalized spacial score (nSPS) is 20.4. The first-order valence-electron chi connectivity index (χ1n) is 6.42. The fourth-order valence-corrected chi connectivity index (χ4v) is 1.87. The second kappa shape index (κ2) is 6.04. The molecule has 6 heteroatoms. The Hall–Kier alpha value is -1.30. The molecular formula is C12H24N4O2. The van der Waals surface area contributed by atoms with Gasteiger partial charge in [-0.15, -0.1) is 0 Å². The Morgan fingerprint density at radius 2 is 2.06 bits per heavy atom. The average Bonchev–Trinajstić information content (AvgIpc) is 2.27. The quantitative estimate of drug-likeness (QED) is 0.646. The van der Waals surface area contributed by atoms with E-state index < -0.39 is 6.04 Å². The van der Waals surface area contributed by atoms with Crippen LogP contribution < -0.4 is 16.0 Å². The number of hydrogen-bond donors (Lipinski definition) is 3. The highest BCUT2D eigenvalue weighted by atomic mass is 16.2. The van der Waals surface area contributed by atoms with Gasteiger partial charge in [-0.3, -0.25) is 4.79 Å². The zero-order chi connectivity index (χ0) is 13.8. The Morgan fingerprint density at radius 1 is 1.39 bits per heavy atom. The van der Waals surface area contributed by atoms with Crippen molar-refractivity contribution in [3.63, 3.8) is 0 Å². The number of carbonyl (C=O) groups is 2. The molecule has 1 saturated heterocycles. The summed E-state index contributed by atoms with van der Waals surface area (Å²) in [4.78, 5) is 25.6. The third-order valence-corrected chi connectivity index (χ3v) is 2.64. The number of likely N-dealkylation sites (N-methyl/N-ethyl adjacent to an activating group) is 1. The van der Waals surface area contributed by atoms with Crippen LogP contribution in [0.2, 0.25) is 0 Å². The van der Waals surface area contributed by atoms with Gasteiger partial charge in [0.05, 0.1) is 0 Å².